The first-order valence-corrected chi connectivity index (χ1v) is 3.19. The number of carbonyl (C=O) groups is 1. The lowest BCUT2D eigenvalue weighted by molar-refractivity contribution is -0.141. The fourth-order valence-electron chi connectivity index (χ4n) is 0.557. The minimum absolute atomic E-state index is 0. The molecule has 0 aromatic carbocycles. The summed E-state index contributed by atoms with van der Waals surface area (Å²) in [5.41, 5.74) is 0. The summed E-state index contributed by atoms with van der Waals surface area (Å²) >= 11 is 10.8. The number of halogens is 2. The van der Waals surface area contributed by atoms with Crippen LogP contribution in [0.25, 0.3) is 0 Å². The Morgan fingerprint density at radius 1 is 1.64 bits per heavy atom. The van der Waals surface area contributed by atoms with Crippen LogP contribution < -0.4 is 0 Å². The molecule has 0 bridgehead atoms. The number of cyclic esters (lactones) is 1. The Hall–Kier alpha value is -0.410. The normalized spacial score (nSPS) is 19.9. The number of methoxy groups -OCH3 is 1. The van der Waals surface area contributed by atoms with Gasteiger partial charge in [0.1, 0.15) is 0 Å². The van der Waals surface area contributed by atoms with E-state index in [9.17, 15) is 4.79 Å². The standard InChI is InChI=1S/C5H4Cl2O3.CH4/c1-9-3-2-5(6,7)10-4(3)8;/h2H,1H3;1H4. The van der Waals surface area contributed by atoms with E-state index in [1.807, 2.05) is 0 Å². The molecule has 64 valence electrons. The average Bonchev–Trinajstić information content (AvgIpc) is 2.05. The molecule has 0 aromatic heterocycles. The molecule has 0 saturated heterocycles. The Kier molecular flexibility index (Phi) is 3.20. The number of alkyl halides is 2. The number of hydrogen-bond acceptors (Lipinski definition) is 3. The molecule has 0 N–H and O–H groups in total. The van der Waals surface area contributed by atoms with Crippen LogP contribution in [0.4, 0.5) is 0 Å². The topological polar surface area (TPSA) is 35.5 Å². The fourth-order valence-corrected chi connectivity index (χ4v) is 0.895. The largest absolute Gasteiger partial charge is 0.490 e. The molecule has 1 aliphatic heterocycles. The molecule has 3 nitrogen and oxygen atoms in total. The minimum Gasteiger partial charge on any atom is -0.490 e. The highest BCUT2D eigenvalue weighted by molar-refractivity contribution is 6.49. The van der Waals surface area contributed by atoms with E-state index in [1.54, 1.807) is 0 Å². The van der Waals surface area contributed by atoms with Gasteiger partial charge in [-0.3, -0.25) is 0 Å². The van der Waals surface area contributed by atoms with Crippen molar-refractivity contribution in [3.8, 4) is 0 Å². The van der Waals surface area contributed by atoms with Crippen LogP contribution in [0.3, 0.4) is 0 Å². The molecule has 0 radical (unpaired) electrons. The van der Waals surface area contributed by atoms with Crippen molar-refractivity contribution in [3.05, 3.63) is 11.8 Å². The van der Waals surface area contributed by atoms with Crippen molar-refractivity contribution in [2.45, 2.75) is 11.9 Å². The van der Waals surface area contributed by atoms with E-state index in [2.05, 4.69) is 9.47 Å². The van der Waals surface area contributed by atoms with E-state index in [1.165, 1.54) is 13.2 Å². The van der Waals surface area contributed by atoms with Crippen molar-refractivity contribution in [2.75, 3.05) is 7.11 Å². The molecule has 11 heavy (non-hydrogen) atoms. The molecular weight excluding hydrogens is 191 g/mol. The van der Waals surface area contributed by atoms with Crippen LogP contribution in [0, 0.1) is 0 Å². The second-order valence-electron chi connectivity index (χ2n) is 1.66. The van der Waals surface area contributed by atoms with E-state index in [4.69, 9.17) is 23.2 Å². The second kappa shape index (κ2) is 3.32. The summed E-state index contributed by atoms with van der Waals surface area (Å²) in [6.45, 7) is 0. The lowest BCUT2D eigenvalue weighted by Gasteiger charge is -2.05. The van der Waals surface area contributed by atoms with Crippen LogP contribution in [-0.2, 0) is 14.3 Å². The SMILES string of the molecule is C.COC1=CC(Cl)(Cl)OC1=O. The summed E-state index contributed by atoms with van der Waals surface area (Å²) in [6.07, 6.45) is 1.19. The molecule has 5 heteroatoms. The van der Waals surface area contributed by atoms with Gasteiger partial charge < -0.3 is 9.47 Å². The van der Waals surface area contributed by atoms with Crippen molar-refractivity contribution in [3.63, 3.8) is 0 Å². The summed E-state index contributed by atoms with van der Waals surface area (Å²) in [6, 6.07) is 0. The molecule has 1 aliphatic rings. The predicted molar refractivity (Wildman–Crippen MR) is 42.4 cm³/mol. The summed E-state index contributed by atoms with van der Waals surface area (Å²) < 4.78 is 7.45. The van der Waals surface area contributed by atoms with Crippen LogP contribution in [0.5, 0.6) is 0 Å². The number of carbonyl (C=O) groups excluding carboxylic acids is 1. The van der Waals surface area contributed by atoms with Gasteiger partial charge in [-0.15, -0.1) is 0 Å². The monoisotopic (exact) mass is 198 g/mol. The third-order valence-corrected chi connectivity index (χ3v) is 1.32. The second-order valence-corrected chi connectivity index (χ2v) is 2.98. The lowest BCUT2D eigenvalue weighted by atomic mass is 10.5. The molecule has 0 saturated carbocycles. The molecule has 1 heterocycles. The first kappa shape index (κ1) is 10.6. The zero-order chi connectivity index (χ0) is 7.78. The third-order valence-electron chi connectivity index (χ3n) is 0.949. The Balaban J connectivity index is 0.000001000. The van der Waals surface area contributed by atoms with Gasteiger partial charge in [0.05, 0.1) is 7.11 Å². The Bertz CT molecular complexity index is 198. The van der Waals surface area contributed by atoms with E-state index in [0.717, 1.165) is 0 Å². The molecule has 1 rings (SSSR count). The molecule has 0 spiro atoms. The molecule has 0 amide bonds. The smallest absolute Gasteiger partial charge is 0.376 e. The molecule has 0 fully saturated rings. The van der Waals surface area contributed by atoms with E-state index in [0.29, 0.717) is 0 Å². The number of ether oxygens (including phenoxy) is 2. The van der Waals surface area contributed by atoms with E-state index < -0.39 is 10.5 Å². The maximum absolute atomic E-state index is 10.6. The van der Waals surface area contributed by atoms with Crippen LogP contribution in [0.1, 0.15) is 7.43 Å². The van der Waals surface area contributed by atoms with Gasteiger partial charge in [-0.1, -0.05) is 30.6 Å². The van der Waals surface area contributed by atoms with Crippen molar-refractivity contribution in [1.82, 2.24) is 0 Å². The lowest BCUT2D eigenvalue weighted by Crippen LogP contribution is -2.11. The molecular formula is C6H8Cl2O3. The van der Waals surface area contributed by atoms with Gasteiger partial charge in [0, 0.05) is 6.08 Å². The van der Waals surface area contributed by atoms with Crippen molar-refractivity contribution < 1.29 is 14.3 Å². The van der Waals surface area contributed by atoms with Gasteiger partial charge in [0.2, 0.25) is 5.76 Å². The zero-order valence-corrected chi connectivity index (χ0v) is 6.57. The molecule has 0 atom stereocenters. The quantitative estimate of drug-likeness (QED) is 0.477. The van der Waals surface area contributed by atoms with Crippen molar-refractivity contribution in [1.29, 1.82) is 0 Å². The van der Waals surface area contributed by atoms with Gasteiger partial charge in [0.15, 0.2) is 0 Å². The van der Waals surface area contributed by atoms with Crippen molar-refractivity contribution in [2.24, 2.45) is 0 Å². The first-order chi connectivity index (χ1) is 4.55. The zero-order valence-electron chi connectivity index (χ0n) is 5.06. The predicted octanol–water partition coefficient (Wildman–Crippen LogP) is 1.84. The summed E-state index contributed by atoms with van der Waals surface area (Å²) in [4.78, 5) is 10.6. The average molecular weight is 199 g/mol. The number of hydrogen-bond donors (Lipinski definition) is 0. The van der Waals surface area contributed by atoms with E-state index >= 15 is 0 Å². The van der Waals surface area contributed by atoms with Crippen molar-refractivity contribution >= 4 is 29.2 Å². The Labute approximate surface area is 74.9 Å². The summed E-state index contributed by atoms with van der Waals surface area (Å²) in [5.74, 6) is -0.613. The minimum atomic E-state index is -1.55. The first-order valence-electron chi connectivity index (χ1n) is 2.43. The molecule has 0 aromatic rings. The van der Waals surface area contributed by atoms with Gasteiger partial charge in [-0.2, -0.15) is 0 Å². The summed E-state index contributed by atoms with van der Waals surface area (Å²) in [5, 5.41) is 0. The van der Waals surface area contributed by atoms with Gasteiger partial charge >= 0.3 is 5.97 Å². The van der Waals surface area contributed by atoms with Gasteiger partial charge in [-0.25, -0.2) is 4.79 Å². The number of rotatable bonds is 1. The Morgan fingerprint density at radius 2 is 2.18 bits per heavy atom. The molecule has 0 aliphatic carbocycles. The highest BCUT2D eigenvalue weighted by Gasteiger charge is 2.37. The van der Waals surface area contributed by atoms with Crippen LogP contribution in [-0.4, -0.2) is 17.6 Å². The maximum atomic E-state index is 10.6. The van der Waals surface area contributed by atoms with Gasteiger partial charge in [0.25, 0.3) is 4.52 Å². The fraction of sp³-hybridized carbons (Fsp3) is 0.500. The highest BCUT2D eigenvalue weighted by Crippen LogP contribution is 2.32. The molecule has 0 unspecified atom stereocenters. The number of esters is 1. The van der Waals surface area contributed by atoms with E-state index in [-0.39, 0.29) is 13.2 Å². The van der Waals surface area contributed by atoms with Crippen LogP contribution in [0.15, 0.2) is 11.8 Å². The highest BCUT2D eigenvalue weighted by atomic mass is 35.5. The van der Waals surface area contributed by atoms with Crippen LogP contribution in [0.2, 0.25) is 0 Å². The maximum Gasteiger partial charge on any atom is 0.376 e. The summed E-state index contributed by atoms with van der Waals surface area (Å²) in [7, 11) is 1.34. The van der Waals surface area contributed by atoms with Gasteiger partial charge in [-0.05, 0) is 0 Å². The third kappa shape index (κ3) is 2.27. The Morgan fingerprint density at radius 3 is 2.36 bits per heavy atom. The van der Waals surface area contributed by atoms with Crippen LogP contribution >= 0.6 is 23.2 Å².